The van der Waals surface area contributed by atoms with Crippen LogP contribution in [0.15, 0.2) is 36.4 Å². The van der Waals surface area contributed by atoms with Crippen molar-refractivity contribution < 1.29 is 29.7 Å². The van der Waals surface area contributed by atoms with Gasteiger partial charge in [-0.2, -0.15) is 0 Å². The maximum atomic E-state index is 14.4. The first-order chi connectivity index (χ1) is 16.1. The second-order valence-corrected chi connectivity index (χ2v) is 7.92. The van der Waals surface area contributed by atoms with Gasteiger partial charge in [0.05, 0.1) is 1.37 Å². The van der Waals surface area contributed by atoms with Crippen molar-refractivity contribution in [2.75, 3.05) is 19.4 Å². The number of carbonyl (C=O) groups excluding carboxylic acids is 4. The van der Waals surface area contributed by atoms with Gasteiger partial charge in [-0.05, 0) is 36.8 Å². The Morgan fingerprint density at radius 1 is 1.30 bits per heavy atom. The predicted octanol–water partition coefficient (Wildman–Crippen LogP) is 2.26. The highest BCUT2D eigenvalue weighted by Crippen LogP contribution is 2.32. The molecule has 0 saturated carbocycles. The Hall–Kier alpha value is -3.95. The number of anilines is 1. The van der Waals surface area contributed by atoms with E-state index in [2.05, 4.69) is 10.6 Å². The number of carbonyl (C=O) groups is 4. The molecule has 2 aromatic rings. The van der Waals surface area contributed by atoms with Gasteiger partial charge in [0, 0.05) is 56.0 Å². The van der Waals surface area contributed by atoms with Crippen molar-refractivity contribution in [1.29, 1.82) is 0 Å². The molecule has 1 fully saturated rings. The fourth-order valence-electron chi connectivity index (χ4n) is 3.71. The molecule has 2 heterocycles. The SMILES string of the molecule is [2H][C@@]1(N2Cc3c(NCc4cc(OC(=O)N(C)C)ccc4F)cccc3C2=O)CCC(=O)NC1=O. The minimum Gasteiger partial charge on any atom is -0.410 e. The number of nitrogens with zero attached hydrogens (tertiary/aromatic N) is 2. The van der Waals surface area contributed by atoms with Gasteiger partial charge in [0.25, 0.3) is 5.91 Å². The number of nitrogens with one attached hydrogen (secondary N) is 2. The molecule has 0 bridgehead atoms. The molecule has 2 N–H and O–H groups in total. The number of amides is 4. The lowest BCUT2D eigenvalue weighted by molar-refractivity contribution is -0.136. The standard InChI is InChI=1S/C23H23FN4O5/c1-27(2)23(32)33-14-6-7-17(24)13(10-14)11-25-18-5-3-4-15-16(18)12-28(22(15)31)19-8-9-20(29)26-21(19)30/h3-7,10,19,25H,8-9,11-12H2,1-2H3,(H,26,29,30)/t19-/m1/s1/i19D. The number of fused-ring (bicyclic) bond motifs is 1. The highest BCUT2D eigenvalue weighted by molar-refractivity contribution is 6.06. The number of halogens is 1. The van der Waals surface area contributed by atoms with Gasteiger partial charge in [0.15, 0.2) is 0 Å². The molecular weight excluding hydrogens is 431 g/mol. The molecule has 1 saturated heterocycles. The minimum absolute atomic E-state index is 0.00851. The fraction of sp³-hybridized carbons (Fsp3) is 0.304. The summed E-state index contributed by atoms with van der Waals surface area (Å²) in [5.41, 5.74) is 1.68. The third-order valence-corrected chi connectivity index (χ3v) is 5.45. The van der Waals surface area contributed by atoms with Crippen LogP contribution in [0.3, 0.4) is 0 Å². The van der Waals surface area contributed by atoms with Gasteiger partial charge < -0.3 is 19.9 Å². The van der Waals surface area contributed by atoms with E-state index in [4.69, 9.17) is 6.11 Å². The largest absolute Gasteiger partial charge is 0.414 e. The first-order valence-corrected chi connectivity index (χ1v) is 10.3. The molecule has 4 rings (SSSR count). The lowest BCUT2D eigenvalue weighted by Crippen LogP contribution is -2.52. The molecular formula is C23H23FN4O5. The molecule has 0 aliphatic carbocycles. The first kappa shape index (κ1) is 20.9. The number of benzene rings is 2. The van der Waals surface area contributed by atoms with E-state index in [0.29, 0.717) is 16.8 Å². The Labute approximate surface area is 190 Å². The Kier molecular flexibility index (Phi) is 5.64. The fourth-order valence-corrected chi connectivity index (χ4v) is 3.71. The van der Waals surface area contributed by atoms with Crippen LogP contribution in [0, 0.1) is 5.82 Å². The van der Waals surface area contributed by atoms with Gasteiger partial charge in [-0.1, -0.05) is 6.07 Å². The number of piperidine rings is 1. The molecule has 33 heavy (non-hydrogen) atoms. The monoisotopic (exact) mass is 455 g/mol. The molecule has 2 aliphatic rings. The summed E-state index contributed by atoms with van der Waals surface area (Å²) in [5, 5.41) is 5.23. The summed E-state index contributed by atoms with van der Waals surface area (Å²) in [4.78, 5) is 51.1. The van der Waals surface area contributed by atoms with Crippen LogP contribution in [0.5, 0.6) is 5.75 Å². The van der Waals surface area contributed by atoms with Gasteiger partial charge in [-0.15, -0.1) is 0 Å². The van der Waals surface area contributed by atoms with Crippen LogP contribution in [0.1, 0.15) is 35.7 Å². The molecule has 2 aromatic carbocycles. The summed E-state index contributed by atoms with van der Waals surface area (Å²) in [6.45, 7) is 0.0241. The van der Waals surface area contributed by atoms with Gasteiger partial charge in [-0.3, -0.25) is 19.7 Å². The van der Waals surface area contributed by atoms with Crippen molar-refractivity contribution in [1.82, 2.24) is 15.1 Å². The van der Waals surface area contributed by atoms with Gasteiger partial charge >= 0.3 is 6.09 Å². The number of rotatable bonds is 5. The molecule has 0 unspecified atom stereocenters. The highest BCUT2D eigenvalue weighted by atomic mass is 19.1. The Balaban J connectivity index is 1.53. The molecule has 2 aliphatic heterocycles. The average Bonchev–Trinajstić information content (AvgIpc) is 3.14. The molecule has 172 valence electrons. The van der Waals surface area contributed by atoms with Gasteiger partial charge in [-0.25, -0.2) is 9.18 Å². The number of ether oxygens (including phenoxy) is 1. The lowest BCUT2D eigenvalue weighted by Gasteiger charge is -2.29. The Morgan fingerprint density at radius 2 is 2.09 bits per heavy atom. The van der Waals surface area contributed by atoms with E-state index in [9.17, 15) is 23.6 Å². The van der Waals surface area contributed by atoms with E-state index in [1.807, 2.05) is 0 Å². The van der Waals surface area contributed by atoms with Crippen LogP contribution in [0.25, 0.3) is 0 Å². The lowest BCUT2D eigenvalue weighted by atomic mass is 10.0. The van der Waals surface area contributed by atoms with Crippen LogP contribution in [-0.4, -0.2) is 53.7 Å². The maximum Gasteiger partial charge on any atom is 0.414 e. The van der Waals surface area contributed by atoms with Crippen molar-refractivity contribution in [3.8, 4) is 5.75 Å². The molecule has 1 atom stereocenters. The molecule has 9 nitrogen and oxygen atoms in total. The maximum absolute atomic E-state index is 14.4. The Bertz CT molecular complexity index is 1200. The molecule has 0 radical (unpaired) electrons. The number of imide groups is 1. The van der Waals surface area contributed by atoms with Crippen LogP contribution < -0.4 is 15.4 Å². The third kappa shape index (κ3) is 4.50. The minimum atomic E-state index is -1.89. The van der Waals surface area contributed by atoms with E-state index in [0.717, 1.165) is 4.90 Å². The zero-order valence-corrected chi connectivity index (χ0v) is 18.1. The normalized spacial score (nSPS) is 20.2. The summed E-state index contributed by atoms with van der Waals surface area (Å²) >= 11 is 0. The summed E-state index contributed by atoms with van der Waals surface area (Å²) in [6, 6.07) is 7.03. The topological polar surface area (TPSA) is 108 Å². The summed E-state index contributed by atoms with van der Waals surface area (Å²) < 4.78 is 28.2. The van der Waals surface area contributed by atoms with Crippen molar-refractivity contribution in [2.45, 2.75) is 31.9 Å². The van der Waals surface area contributed by atoms with Crippen molar-refractivity contribution in [3.05, 3.63) is 58.9 Å². The van der Waals surface area contributed by atoms with Crippen LogP contribution in [-0.2, 0) is 22.7 Å². The smallest absolute Gasteiger partial charge is 0.410 e. The number of hydrogen-bond donors (Lipinski definition) is 2. The van der Waals surface area contributed by atoms with Crippen LogP contribution >= 0.6 is 0 Å². The van der Waals surface area contributed by atoms with Gasteiger partial charge in [0.1, 0.15) is 17.6 Å². The molecule has 0 spiro atoms. The van der Waals surface area contributed by atoms with Crippen molar-refractivity contribution in [2.24, 2.45) is 0 Å². The highest BCUT2D eigenvalue weighted by Gasteiger charge is 2.39. The Morgan fingerprint density at radius 3 is 2.82 bits per heavy atom. The van der Waals surface area contributed by atoms with Gasteiger partial charge in [0.2, 0.25) is 11.8 Å². The van der Waals surface area contributed by atoms with Crippen molar-refractivity contribution in [3.63, 3.8) is 0 Å². The summed E-state index contributed by atoms with van der Waals surface area (Å²) in [5.74, 6) is -2.10. The van der Waals surface area contributed by atoms with Crippen LogP contribution in [0.4, 0.5) is 14.9 Å². The average molecular weight is 455 g/mol. The zero-order chi connectivity index (χ0) is 24.6. The summed E-state index contributed by atoms with van der Waals surface area (Å²) in [6.07, 6.45) is -0.721. The predicted molar refractivity (Wildman–Crippen MR) is 116 cm³/mol. The van der Waals surface area contributed by atoms with E-state index in [1.54, 1.807) is 18.2 Å². The summed E-state index contributed by atoms with van der Waals surface area (Å²) in [7, 11) is 3.06. The number of hydrogen-bond acceptors (Lipinski definition) is 6. The quantitative estimate of drug-likeness (QED) is 0.670. The first-order valence-electron chi connectivity index (χ1n) is 10.8. The molecule has 0 aromatic heterocycles. The van der Waals surface area contributed by atoms with Crippen LogP contribution in [0.2, 0.25) is 0 Å². The van der Waals surface area contributed by atoms with Crippen molar-refractivity contribution >= 4 is 29.5 Å². The molecule has 4 amide bonds. The second-order valence-electron chi connectivity index (χ2n) is 7.92. The van der Waals surface area contributed by atoms with E-state index < -0.39 is 35.6 Å². The second kappa shape index (κ2) is 8.89. The third-order valence-electron chi connectivity index (χ3n) is 5.45. The van der Waals surface area contributed by atoms with E-state index >= 15 is 0 Å². The van der Waals surface area contributed by atoms with E-state index in [1.165, 1.54) is 37.2 Å². The zero-order valence-electron chi connectivity index (χ0n) is 19.1. The molecule has 10 heteroatoms. The van der Waals surface area contributed by atoms with E-state index in [-0.39, 0.29) is 37.2 Å².